The summed E-state index contributed by atoms with van der Waals surface area (Å²) in [5, 5.41) is 0. The maximum atomic E-state index is 6.00. The summed E-state index contributed by atoms with van der Waals surface area (Å²) in [7, 11) is 1.93. The van der Waals surface area contributed by atoms with Crippen LogP contribution < -0.4 is 10.5 Å². The smallest absolute Gasteiger partial charge is 0.247 e. The van der Waals surface area contributed by atoms with Crippen LogP contribution in [0, 0.1) is 6.92 Å². The van der Waals surface area contributed by atoms with E-state index in [2.05, 4.69) is 9.97 Å². The summed E-state index contributed by atoms with van der Waals surface area (Å²) in [6.45, 7) is 1.94. The van der Waals surface area contributed by atoms with Crippen LogP contribution >= 0.6 is 0 Å². The summed E-state index contributed by atoms with van der Waals surface area (Å²) in [6.07, 6.45) is 3.43. The van der Waals surface area contributed by atoms with E-state index in [0.29, 0.717) is 17.3 Å². The Bertz CT molecular complexity index is 748. The predicted octanol–water partition coefficient (Wildman–Crippen LogP) is 2.65. The second-order valence-corrected chi connectivity index (χ2v) is 4.43. The number of nitrogens with two attached hydrogens (primary N) is 1. The number of ether oxygens (including phenoxy) is 1. The number of anilines is 1. The van der Waals surface area contributed by atoms with E-state index in [-0.39, 0.29) is 0 Å². The van der Waals surface area contributed by atoms with Crippen LogP contribution in [0.25, 0.3) is 11.0 Å². The fraction of sp³-hybridized carbons (Fsp3) is 0.143. The van der Waals surface area contributed by atoms with E-state index in [4.69, 9.17) is 10.5 Å². The summed E-state index contributed by atoms with van der Waals surface area (Å²) in [6, 6.07) is 7.57. The van der Waals surface area contributed by atoms with Crippen LogP contribution in [-0.2, 0) is 7.05 Å². The summed E-state index contributed by atoms with van der Waals surface area (Å²) >= 11 is 0. The Morgan fingerprint density at radius 3 is 2.89 bits per heavy atom. The Hall–Kier alpha value is -2.56. The number of pyridine rings is 1. The molecule has 2 heterocycles. The third kappa shape index (κ3) is 1.89. The number of aromatic nitrogens is 3. The summed E-state index contributed by atoms with van der Waals surface area (Å²) in [5.41, 5.74) is 9.30. The molecule has 0 aliphatic heterocycles. The van der Waals surface area contributed by atoms with Crippen LogP contribution in [0.5, 0.6) is 11.6 Å². The molecule has 5 heteroatoms. The van der Waals surface area contributed by atoms with E-state index in [9.17, 15) is 0 Å². The van der Waals surface area contributed by atoms with Crippen molar-refractivity contribution >= 4 is 16.7 Å². The number of rotatable bonds is 2. The summed E-state index contributed by atoms with van der Waals surface area (Å²) in [5.74, 6) is 1.07. The molecule has 3 aromatic rings. The molecule has 0 amide bonds. The highest BCUT2D eigenvalue weighted by Gasteiger charge is 2.11. The molecule has 0 fully saturated rings. The zero-order valence-electron chi connectivity index (χ0n) is 10.8. The van der Waals surface area contributed by atoms with Crippen LogP contribution in [0.1, 0.15) is 5.56 Å². The van der Waals surface area contributed by atoms with Crippen molar-refractivity contribution in [2.75, 3.05) is 5.73 Å². The first-order valence-electron chi connectivity index (χ1n) is 5.96. The van der Waals surface area contributed by atoms with Crippen molar-refractivity contribution in [3.8, 4) is 11.6 Å². The average Bonchev–Trinajstić information content (AvgIpc) is 2.78. The minimum atomic E-state index is 0.468. The van der Waals surface area contributed by atoms with Gasteiger partial charge in [-0.05, 0) is 24.6 Å². The van der Waals surface area contributed by atoms with Crippen molar-refractivity contribution in [3.63, 3.8) is 0 Å². The Kier molecular flexibility index (Phi) is 2.59. The Labute approximate surface area is 110 Å². The first-order chi connectivity index (χ1) is 9.16. The van der Waals surface area contributed by atoms with Crippen molar-refractivity contribution in [2.45, 2.75) is 6.92 Å². The second kappa shape index (κ2) is 4.28. The van der Waals surface area contributed by atoms with Gasteiger partial charge in [0.2, 0.25) is 5.88 Å². The molecule has 0 radical (unpaired) electrons. The molecule has 2 N–H and O–H groups in total. The van der Waals surface area contributed by atoms with Gasteiger partial charge in [-0.25, -0.2) is 9.97 Å². The molecule has 0 aliphatic carbocycles. The second-order valence-electron chi connectivity index (χ2n) is 4.43. The quantitative estimate of drug-likeness (QED) is 0.714. The lowest BCUT2D eigenvalue weighted by Crippen LogP contribution is -1.96. The zero-order chi connectivity index (χ0) is 13.4. The van der Waals surface area contributed by atoms with E-state index in [1.807, 2.05) is 42.8 Å². The molecule has 2 aromatic heterocycles. The third-order valence-corrected chi connectivity index (χ3v) is 3.10. The minimum Gasteiger partial charge on any atom is -0.435 e. The van der Waals surface area contributed by atoms with Crippen LogP contribution in [0.3, 0.4) is 0 Å². The first kappa shape index (κ1) is 11.5. The van der Waals surface area contributed by atoms with E-state index >= 15 is 0 Å². The minimum absolute atomic E-state index is 0.468. The molecule has 1 aromatic carbocycles. The molecule has 19 heavy (non-hydrogen) atoms. The van der Waals surface area contributed by atoms with Gasteiger partial charge in [-0.3, -0.25) is 0 Å². The number of nitrogen functional groups attached to an aromatic ring is 1. The number of aryl methyl sites for hydroxylation is 2. The third-order valence-electron chi connectivity index (χ3n) is 3.10. The lowest BCUT2D eigenvalue weighted by Gasteiger charge is -2.09. The van der Waals surface area contributed by atoms with Gasteiger partial charge < -0.3 is 15.0 Å². The number of fused-ring (bicyclic) bond motifs is 1. The lowest BCUT2D eigenvalue weighted by molar-refractivity contribution is 0.470. The Morgan fingerprint density at radius 2 is 2.05 bits per heavy atom. The molecule has 0 spiro atoms. The highest BCUT2D eigenvalue weighted by molar-refractivity contribution is 5.80. The van der Waals surface area contributed by atoms with Gasteiger partial charge in [0.25, 0.3) is 0 Å². The molecular formula is C14H14N4O. The van der Waals surface area contributed by atoms with Crippen LogP contribution in [0.15, 0.2) is 36.8 Å². The van der Waals surface area contributed by atoms with E-state index < -0.39 is 0 Å². The SMILES string of the molecule is Cc1cccc(Oc2nccc3c2ncn3C)c1N. The van der Waals surface area contributed by atoms with Gasteiger partial charge in [0.15, 0.2) is 11.3 Å². The summed E-state index contributed by atoms with van der Waals surface area (Å²) < 4.78 is 7.72. The Balaban J connectivity index is 2.08. The lowest BCUT2D eigenvalue weighted by atomic mass is 10.2. The van der Waals surface area contributed by atoms with Gasteiger partial charge in [0.1, 0.15) is 0 Å². The van der Waals surface area contributed by atoms with Gasteiger partial charge in [0.05, 0.1) is 17.5 Å². The zero-order valence-corrected chi connectivity index (χ0v) is 10.8. The molecule has 0 unspecified atom stereocenters. The largest absolute Gasteiger partial charge is 0.435 e. The van der Waals surface area contributed by atoms with Gasteiger partial charge in [-0.2, -0.15) is 0 Å². The van der Waals surface area contributed by atoms with Crippen molar-refractivity contribution in [3.05, 3.63) is 42.4 Å². The molecule has 0 saturated heterocycles. The molecule has 0 bridgehead atoms. The number of hydrogen-bond donors (Lipinski definition) is 1. The molecule has 0 aliphatic rings. The first-order valence-corrected chi connectivity index (χ1v) is 5.96. The monoisotopic (exact) mass is 254 g/mol. The van der Waals surface area contributed by atoms with E-state index in [0.717, 1.165) is 16.6 Å². The fourth-order valence-electron chi connectivity index (χ4n) is 1.96. The molecule has 0 atom stereocenters. The molecule has 96 valence electrons. The number of para-hydroxylation sites is 1. The number of nitrogens with zero attached hydrogens (tertiary/aromatic N) is 3. The van der Waals surface area contributed by atoms with Crippen LogP contribution in [0.4, 0.5) is 5.69 Å². The highest BCUT2D eigenvalue weighted by atomic mass is 16.5. The topological polar surface area (TPSA) is 66.0 Å². The van der Waals surface area contributed by atoms with Gasteiger partial charge in [0, 0.05) is 13.2 Å². The van der Waals surface area contributed by atoms with E-state index in [1.54, 1.807) is 12.5 Å². The molecule has 3 rings (SSSR count). The van der Waals surface area contributed by atoms with Crippen molar-refractivity contribution in [1.29, 1.82) is 0 Å². The number of benzene rings is 1. The molecule has 5 nitrogen and oxygen atoms in total. The van der Waals surface area contributed by atoms with Gasteiger partial charge in [-0.1, -0.05) is 12.1 Å². The molecule has 0 saturated carbocycles. The average molecular weight is 254 g/mol. The molecular weight excluding hydrogens is 240 g/mol. The standard InChI is InChI=1S/C14H14N4O/c1-9-4-3-5-11(12(9)15)19-14-13-10(6-7-16-14)18(2)8-17-13/h3-8H,15H2,1-2H3. The van der Waals surface area contributed by atoms with Gasteiger partial charge in [-0.15, -0.1) is 0 Å². The fourth-order valence-corrected chi connectivity index (χ4v) is 1.96. The Morgan fingerprint density at radius 1 is 1.21 bits per heavy atom. The van der Waals surface area contributed by atoms with Crippen LogP contribution in [-0.4, -0.2) is 14.5 Å². The van der Waals surface area contributed by atoms with E-state index in [1.165, 1.54) is 0 Å². The maximum Gasteiger partial charge on any atom is 0.247 e. The van der Waals surface area contributed by atoms with Crippen molar-refractivity contribution < 1.29 is 4.74 Å². The predicted molar refractivity (Wildman–Crippen MR) is 74.2 cm³/mol. The van der Waals surface area contributed by atoms with Crippen molar-refractivity contribution in [2.24, 2.45) is 7.05 Å². The van der Waals surface area contributed by atoms with Crippen molar-refractivity contribution in [1.82, 2.24) is 14.5 Å². The van der Waals surface area contributed by atoms with Gasteiger partial charge >= 0.3 is 0 Å². The highest BCUT2D eigenvalue weighted by Crippen LogP contribution is 2.31. The number of imidazole rings is 1. The maximum absolute atomic E-state index is 6.00. The van der Waals surface area contributed by atoms with Crippen LogP contribution in [0.2, 0.25) is 0 Å². The number of hydrogen-bond acceptors (Lipinski definition) is 4. The summed E-state index contributed by atoms with van der Waals surface area (Å²) in [4.78, 5) is 8.53. The normalized spacial score (nSPS) is 10.8.